The fourth-order valence-electron chi connectivity index (χ4n) is 1.40. The average Bonchev–Trinajstić information content (AvgIpc) is 2.28. The number of carboxylic acid groups (broad SMARTS) is 1. The topological polar surface area (TPSA) is 70.5 Å². The molecule has 0 unspecified atom stereocenters. The second-order valence-electron chi connectivity index (χ2n) is 3.46. The van der Waals surface area contributed by atoms with E-state index in [1.54, 1.807) is 0 Å². The van der Waals surface area contributed by atoms with Crippen LogP contribution in [-0.4, -0.2) is 40.0 Å². The summed E-state index contributed by atoms with van der Waals surface area (Å²) in [6.07, 6.45) is 1.83. The Morgan fingerprint density at radius 2 is 2.24 bits per heavy atom. The molecule has 1 aromatic rings. The van der Waals surface area contributed by atoms with Gasteiger partial charge in [-0.3, -0.25) is 9.59 Å². The van der Waals surface area contributed by atoms with Crippen molar-refractivity contribution in [3.63, 3.8) is 0 Å². The van der Waals surface area contributed by atoms with Gasteiger partial charge in [-0.2, -0.15) is 4.39 Å². The molecule has 0 aromatic carbocycles. The smallest absolute Gasteiger partial charge is 0.323 e. The van der Waals surface area contributed by atoms with Gasteiger partial charge in [0, 0.05) is 12.7 Å². The molecule has 1 heterocycles. The first-order valence-corrected chi connectivity index (χ1v) is 5.17. The number of hydrogen-bond acceptors (Lipinski definition) is 3. The molecule has 0 fully saturated rings. The number of carboxylic acids is 1. The van der Waals surface area contributed by atoms with Gasteiger partial charge < -0.3 is 10.0 Å². The van der Waals surface area contributed by atoms with Gasteiger partial charge in [-0.05, 0) is 18.6 Å². The van der Waals surface area contributed by atoms with Crippen LogP contribution in [0.2, 0.25) is 0 Å². The molecule has 0 aliphatic carbocycles. The molecular formula is C11H13FN2O3. The van der Waals surface area contributed by atoms with Gasteiger partial charge in [-0.15, -0.1) is 0 Å². The Balaban J connectivity index is 2.91. The van der Waals surface area contributed by atoms with Crippen LogP contribution in [0.3, 0.4) is 0 Å². The number of carbonyl (C=O) groups excluding carboxylic acids is 1. The first-order valence-electron chi connectivity index (χ1n) is 5.17. The zero-order valence-electron chi connectivity index (χ0n) is 9.39. The van der Waals surface area contributed by atoms with Gasteiger partial charge in [-0.25, -0.2) is 4.98 Å². The molecular weight excluding hydrogens is 227 g/mol. The van der Waals surface area contributed by atoms with Crippen LogP contribution in [0, 0.1) is 5.95 Å². The average molecular weight is 240 g/mol. The van der Waals surface area contributed by atoms with E-state index in [4.69, 9.17) is 5.11 Å². The van der Waals surface area contributed by atoms with Crippen LogP contribution in [-0.2, 0) is 4.79 Å². The summed E-state index contributed by atoms with van der Waals surface area (Å²) in [4.78, 5) is 26.9. The van der Waals surface area contributed by atoms with Crippen LogP contribution in [0.25, 0.3) is 0 Å². The van der Waals surface area contributed by atoms with E-state index >= 15 is 0 Å². The van der Waals surface area contributed by atoms with Crippen molar-refractivity contribution in [2.45, 2.75) is 13.3 Å². The maximum Gasteiger partial charge on any atom is 0.323 e. The normalized spacial score (nSPS) is 10.0. The van der Waals surface area contributed by atoms with Crippen LogP contribution in [0.4, 0.5) is 4.39 Å². The molecule has 6 heteroatoms. The predicted octanol–water partition coefficient (Wildman–Crippen LogP) is 1.16. The summed E-state index contributed by atoms with van der Waals surface area (Å²) >= 11 is 0. The number of aliphatic carboxylic acids is 1. The molecule has 92 valence electrons. The van der Waals surface area contributed by atoms with Crippen molar-refractivity contribution in [1.82, 2.24) is 9.88 Å². The van der Waals surface area contributed by atoms with Crippen molar-refractivity contribution in [3.05, 3.63) is 29.8 Å². The summed E-state index contributed by atoms with van der Waals surface area (Å²) in [6.45, 7) is 1.63. The lowest BCUT2D eigenvalue weighted by molar-refractivity contribution is -0.137. The molecule has 0 bridgehead atoms. The zero-order chi connectivity index (χ0) is 12.8. The fourth-order valence-corrected chi connectivity index (χ4v) is 1.40. The summed E-state index contributed by atoms with van der Waals surface area (Å²) in [5.74, 6) is -2.67. The first kappa shape index (κ1) is 13.1. The van der Waals surface area contributed by atoms with E-state index in [-0.39, 0.29) is 12.1 Å². The lowest BCUT2D eigenvalue weighted by Gasteiger charge is -2.19. The van der Waals surface area contributed by atoms with Crippen molar-refractivity contribution in [2.75, 3.05) is 13.1 Å². The molecule has 0 aliphatic rings. The molecule has 1 aromatic heterocycles. The van der Waals surface area contributed by atoms with E-state index in [0.717, 1.165) is 4.90 Å². The number of rotatable bonds is 5. The summed E-state index contributed by atoms with van der Waals surface area (Å²) in [7, 11) is 0. The van der Waals surface area contributed by atoms with Gasteiger partial charge in [0.15, 0.2) is 0 Å². The van der Waals surface area contributed by atoms with Crippen LogP contribution < -0.4 is 0 Å². The number of hydrogen-bond donors (Lipinski definition) is 1. The number of pyridine rings is 1. The number of nitrogens with zero attached hydrogens (tertiary/aromatic N) is 2. The lowest BCUT2D eigenvalue weighted by atomic mass is 10.2. The van der Waals surface area contributed by atoms with Crippen molar-refractivity contribution >= 4 is 11.9 Å². The minimum atomic E-state index is -1.13. The predicted molar refractivity (Wildman–Crippen MR) is 58.0 cm³/mol. The van der Waals surface area contributed by atoms with E-state index in [2.05, 4.69) is 4.98 Å². The molecule has 0 aliphatic heterocycles. The first-order chi connectivity index (χ1) is 8.06. The molecule has 0 saturated heterocycles. The molecule has 0 radical (unpaired) electrons. The fraction of sp³-hybridized carbons (Fsp3) is 0.364. The van der Waals surface area contributed by atoms with E-state index < -0.39 is 24.4 Å². The Kier molecular flexibility index (Phi) is 4.56. The SMILES string of the molecule is CCCN(CC(=O)O)C(=O)c1cccnc1F. The number of aromatic nitrogens is 1. The van der Waals surface area contributed by atoms with Gasteiger partial charge in [0.25, 0.3) is 5.91 Å². The zero-order valence-corrected chi connectivity index (χ0v) is 9.39. The second kappa shape index (κ2) is 5.93. The molecule has 17 heavy (non-hydrogen) atoms. The van der Waals surface area contributed by atoms with E-state index in [1.807, 2.05) is 6.92 Å². The third kappa shape index (κ3) is 3.51. The van der Waals surface area contributed by atoms with E-state index in [0.29, 0.717) is 6.42 Å². The molecule has 5 nitrogen and oxygen atoms in total. The van der Waals surface area contributed by atoms with E-state index in [1.165, 1.54) is 18.3 Å². The summed E-state index contributed by atoms with van der Waals surface area (Å²) < 4.78 is 13.3. The molecule has 1 amide bonds. The summed E-state index contributed by atoms with van der Waals surface area (Å²) in [6, 6.07) is 2.72. The van der Waals surface area contributed by atoms with Crippen LogP contribution in [0.15, 0.2) is 18.3 Å². The van der Waals surface area contributed by atoms with Gasteiger partial charge in [-0.1, -0.05) is 6.92 Å². The number of halogens is 1. The molecule has 1 rings (SSSR count). The van der Waals surface area contributed by atoms with Crippen molar-refractivity contribution < 1.29 is 19.1 Å². The highest BCUT2D eigenvalue weighted by atomic mass is 19.1. The minimum Gasteiger partial charge on any atom is -0.480 e. The summed E-state index contributed by atoms with van der Waals surface area (Å²) in [5.41, 5.74) is -0.206. The van der Waals surface area contributed by atoms with Gasteiger partial charge >= 0.3 is 5.97 Å². The van der Waals surface area contributed by atoms with Crippen molar-refractivity contribution in [3.8, 4) is 0 Å². The highest BCUT2D eigenvalue weighted by Gasteiger charge is 2.20. The Morgan fingerprint density at radius 1 is 1.53 bits per heavy atom. The van der Waals surface area contributed by atoms with Gasteiger partial charge in [0.2, 0.25) is 5.95 Å². The Morgan fingerprint density at radius 3 is 2.76 bits per heavy atom. The Hall–Kier alpha value is -1.98. The van der Waals surface area contributed by atoms with E-state index in [9.17, 15) is 14.0 Å². The Bertz CT molecular complexity index is 423. The maximum absolute atomic E-state index is 13.3. The molecule has 1 N–H and O–H groups in total. The highest BCUT2D eigenvalue weighted by molar-refractivity contribution is 5.95. The van der Waals surface area contributed by atoms with Crippen molar-refractivity contribution in [2.24, 2.45) is 0 Å². The van der Waals surface area contributed by atoms with Gasteiger partial charge in [0.1, 0.15) is 6.54 Å². The summed E-state index contributed by atoms with van der Waals surface area (Å²) in [5, 5.41) is 8.67. The Labute approximate surface area is 97.9 Å². The third-order valence-corrected chi connectivity index (χ3v) is 2.10. The number of amides is 1. The maximum atomic E-state index is 13.3. The van der Waals surface area contributed by atoms with Crippen LogP contribution >= 0.6 is 0 Å². The quantitative estimate of drug-likeness (QED) is 0.784. The molecule has 0 saturated carbocycles. The molecule has 0 atom stereocenters. The van der Waals surface area contributed by atoms with Gasteiger partial charge in [0.05, 0.1) is 5.56 Å². The standard InChI is InChI=1S/C11H13FN2O3/c1-2-6-14(7-9(15)16)11(17)8-4-3-5-13-10(8)12/h3-5H,2,6-7H2,1H3,(H,15,16). The third-order valence-electron chi connectivity index (χ3n) is 2.10. The minimum absolute atomic E-state index is 0.206. The van der Waals surface area contributed by atoms with Crippen LogP contribution in [0.5, 0.6) is 0 Å². The highest BCUT2D eigenvalue weighted by Crippen LogP contribution is 2.08. The molecule has 0 spiro atoms. The van der Waals surface area contributed by atoms with Crippen molar-refractivity contribution in [1.29, 1.82) is 0 Å². The lowest BCUT2D eigenvalue weighted by Crippen LogP contribution is -2.36. The monoisotopic (exact) mass is 240 g/mol. The van der Waals surface area contributed by atoms with Crippen LogP contribution in [0.1, 0.15) is 23.7 Å². The number of carbonyl (C=O) groups is 2. The second-order valence-corrected chi connectivity index (χ2v) is 3.46. The largest absolute Gasteiger partial charge is 0.480 e.